The first kappa shape index (κ1) is 13.4. The van der Waals surface area contributed by atoms with Gasteiger partial charge in [-0.15, -0.1) is 0 Å². The van der Waals surface area contributed by atoms with Crippen molar-refractivity contribution in [1.82, 2.24) is 5.32 Å². The molecule has 0 bridgehead atoms. The third kappa shape index (κ3) is 2.68. The average Bonchev–Trinajstić information content (AvgIpc) is 2.38. The molecule has 2 aliphatic rings. The fourth-order valence-electron chi connectivity index (χ4n) is 3.74. The summed E-state index contributed by atoms with van der Waals surface area (Å²) in [5, 5.41) is 3.66. The molecule has 1 heterocycles. The summed E-state index contributed by atoms with van der Waals surface area (Å²) in [6, 6.07) is 0. The quantitative estimate of drug-likeness (QED) is 0.814. The zero-order chi connectivity index (χ0) is 12.4. The number of morpholine rings is 1. The minimum atomic E-state index is 0.105. The molecule has 1 saturated heterocycles. The second-order valence-corrected chi connectivity index (χ2v) is 6.15. The lowest BCUT2D eigenvalue weighted by molar-refractivity contribution is -0.200. The number of hydrogen-bond acceptors (Lipinski definition) is 2. The van der Waals surface area contributed by atoms with Gasteiger partial charge in [-0.2, -0.15) is 0 Å². The molecular formula is C15H29NO. The van der Waals surface area contributed by atoms with Crippen LogP contribution in [-0.4, -0.2) is 24.3 Å². The van der Waals surface area contributed by atoms with Gasteiger partial charge in [-0.3, -0.25) is 0 Å². The Kier molecular flexibility index (Phi) is 4.14. The molecular weight excluding hydrogens is 210 g/mol. The minimum Gasteiger partial charge on any atom is -0.366 e. The van der Waals surface area contributed by atoms with E-state index in [-0.39, 0.29) is 11.2 Å². The highest BCUT2D eigenvalue weighted by molar-refractivity contribution is 4.98. The molecule has 2 rings (SSSR count). The standard InChI is InChI=1S/C15H29NO/c1-4-13-8-7-9-15(10-13)12-16-11-14(5-2,6-3)17-15/h13,16H,4-12H2,1-3H3. The molecule has 1 N–H and O–H groups in total. The summed E-state index contributed by atoms with van der Waals surface area (Å²) in [5.41, 5.74) is 0.261. The maximum atomic E-state index is 6.67. The van der Waals surface area contributed by atoms with Crippen LogP contribution in [0.15, 0.2) is 0 Å². The highest BCUT2D eigenvalue weighted by Crippen LogP contribution is 2.42. The number of rotatable bonds is 3. The Hall–Kier alpha value is -0.0800. The number of nitrogens with one attached hydrogen (secondary N) is 1. The van der Waals surface area contributed by atoms with E-state index in [4.69, 9.17) is 4.74 Å². The van der Waals surface area contributed by atoms with Crippen LogP contribution in [0.4, 0.5) is 0 Å². The lowest BCUT2D eigenvalue weighted by Gasteiger charge is -2.51. The molecule has 0 aromatic carbocycles. The summed E-state index contributed by atoms with van der Waals surface area (Å²) >= 11 is 0. The van der Waals surface area contributed by atoms with Crippen LogP contribution in [0, 0.1) is 5.92 Å². The van der Waals surface area contributed by atoms with E-state index in [1.54, 1.807) is 0 Å². The van der Waals surface area contributed by atoms with Crippen molar-refractivity contribution in [2.24, 2.45) is 5.92 Å². The molecule has 0 radical (unpaired) electrons. The van der Waals surface area contributed by atoms with Crippen molar-refractivity contribution in [2.75, 3.05) is 13.1 Å². The van der Waals surface area contributed by atoms with Gasteiger partial charge >= 0.3 is 0 Å². The van der Waals surface area contributed by atoms with Crippen LogP contribution in [0.3, 0.4) is 0 Å². The summed E-state index contributed by atoms with van der Waals surface area (Å²) in [6.07, 6.45) is 8.88. The van der Waals surface area contributed by atoms with Crippen LogP contribution in [0.1, 0.15) is 65.7 Å². The molecule has 2 atom stereocenters. The first-order valence-corrected chi connectivity index (χ1v) is 7.58. The number of hydrogen-bond donors (Lipinski definition) is 1. The Morgan fingerprint density at radius 2 is 1.94 bits per heavy atom. The van der Waals surface area contributed by atoms with Gasteiger partial charge in [0.15, 0.2) is 0 Å². The van der Waals surface area contributed by atoms with Crippen LogP contribution in [-0.2, 0) is 4.74 Å². The molecule has 100 valence electrons. The Labute approximate surface area is 107 Å². The molecule has 2 heteroatoms. The lowest BCUT2D eigenvalue weighted by Crippen LogP contribution is -2.61. The van der Waals surface area contributed by atoms with E-state index in [0.717, 1.165) is 31.8 Å². The predicted molar refractivity (Wildman–Crippen MR) is 72.2 cm³/mol. The van der Waals surface area contributed by atoms with Gasteiger partial charge in [0, 0.05) is 13.1 Å². The third-order valence-electron chi connectivity index (χ3n) is 5.10. The zero-order valence-electron chi connectivity index (χ0n) is 11.8. The molecule has 0 amide bonds. The molecule has 1 aliphatic carbocycles. The largest absolute Gasteiger partial charge is 0.366 e. The molecule has 2 nitrogen and oxygen atoms in total. The third-order valence-corrected chi connectivity index (χ3v) is 5.10. The van der Waals surface area contributed by atoms with E-state index in [2.05, 4.69) is 26.1 Å². The Morgan fingerprint density at radius 3 is 2.59 bits per heavy atom. The van der Waals surface area contributed by atoms with Crippen LogP contribution in [0.25, 0.3) is 0 Å². The van der Waals surface area contributed by atoms with Crippen LogP contribution in [0.5, 0.6) is 0 Å². The van der Waals surface area contributed by atoms with Gasteiger partial charge in [-0.05, 0) is 31.6 Å². The molecule has 1 saturated carbocycles. The maximum absolute atomic E-state index is 6.67. The molecule has 1 spiro atoms. The molecule has 1 aliphatic heterocycles. The van der Waals surface area contributed by atoms with Crippen molar-refractivity contribution in [2.45, 2.75) is 76.9 Å². The van der Waals surface area contributed by atoms with E-state index >= 15 is 0 Å². The van der Waals surface area contributed by atoms with Gasteiger partial charge < -0.3 is 10.1 Å². The Morgan fingerprint density at radius 1 is 1.18 bits per heavy atom. The lowest BCUT2D eigenvalue weighted by atomic mass is 9.75. The van der Waals surface area contributed by atoms with E-state index in [1.807, 2.05) is 0 Å². The van der Waals surface area contributed by atoms with Gasteiger partial charge in [0.2, 0.25) is 0 Å². The van der Waals surface area contributed by atoms with Crippen LogP contribution in [0.2, 0.25) is 0 Å². The first-order chi connectivity index (χ1) is 8.17. The fraction of sp³-hybridized carbons (Fsp3) is 1.00. The minimum absolute atomic E-state index is 0.105. The van der Waals surface area contributed by atoms with Crippen molar-refractivity contribution in [3.8, 4) is 0 Å². The van der Waals surface area contributed by atoms with Crippen molar-refractivity contribution in [1.29, 1.82) is 0 Å². The van der Waals surface area contributed by atoms with E-state index in [9.17, 15) is 0 Å². The molecule has 17 heavy (non-hydrogen) atoms. The maximum Gasteiger partial charge on any atom is 0.0817 e. The highest BCUT2D eigenvalue weighted by Gasteiger charge is 2.45. The average molecular weight is 239 g/mol. The van der Waals surface area contributed by atoms with Crippen molar-refractivity contribution < 1.29 is 4.74 Å². The van der Waals surface area contributed by atoms with Crippen molar-refractivity contribution in [3.05, 3.63) is 0 Å². The molecule has 2 unspecified atom stereocenters. The van der Waals surface area contributed by atoms with Gasteiger partial charge in [-0.1, -0.05) is 40.0 Å². The van der Waals surface area contributed by atoms with Crippen LogP contribution >= 0.6 is 0 Å². The molecule has 2 fully saturated rings. The predicted octanol–water partition coefficient (Wildman–Crippen LogP) is 3.50. The number of ether oxygens (including phenoxy) is 1. The van der Waals surface area contributed by atoms with Gasteiger partial charge in [0.25, 0.3) is 0 Å². The summed E-state index contributed by atoms with van der Waals surface area (Å²) in [5.74, 6) is 0.884. The second kappa shape index (κ2) is 5.27. The summed E-state index contributed by atoms with van der Waals surface area (Å²) < 4.78 is 6.67. The topological polar surface area (TPSA) is 21.3 Å². The van der Waals surface area contributed by atoms with Crippen molar-refractivity contribution >= 4 is 0 Å². The van der Waals surface area contributed by atoms with Gasteiger partial charge in [0.05, 0.1) is 11.2 Å². The van der Waals surface area contributed by atoms with Crippen molar-refractivity contribution in [3.63, 3.8) is 0 Å². The Balaban J connectivity index is 2.08. The molecule has 0 aromatic heterocycles. The van der Waals surface area contributed by atoms with Crippen LogP contribution < -0.4 is 5.32 Å². The first-order valence-electron chi connectivity index (χ1n) is 7.58. The Bertz CT molecular complexity index is 245. The summed E-state index contributed by atoms with van der Waals surface area (Å²) in [4.78, 5) is 0. The smallest absolute Gasteiger partial charge is 0.0817 e. The second-order valence-electron chi connectivity index (χ2n) is 6.15. The van der Waals surface area contributed by atoms with E-state index in [1.165, 1.54) is 32.1 Å². The highest BCUT2D eigenvalue weighted by atomic mass is 16.5. The van der Waals surface area contributed by atoms with Gasteiger partial charge in [-0.25, -0.2) is 0 Å². The SMILES string of the molecule is CCC1CCCC2(CNCC(CC)(CC)O2)C1. The molecule has 0 aromatic rings. The van der Waals surface area contributed by atoms with E-state index < -0.39 is 0 Å². The summed E-state index contributed by atoms with van der Waals surface area (Å²) in [7, 11) is 0. The fourth-order valence-corrected chi connectivity index (χ4v) is 3.74. The zero-order valence-corrected chi connectivity index (χ0v) is 11.8. The normalized spacial score (nSPS) is 37.2. The monoisotopic (exact) mass is 239 g/mol. The van der Waals surface area contributed by atoms with E-state index in [0.29, 0.717) is 0 Å². The summed E-state index contributed by atoms with van der Waals surface area (Å²) in [6.45, 7) is 8.98. The van der Waals surface area contributed by atoms with Gasteiger partial charge in [0.1, 0.15) is 0 Å².